The number of benzene rings is 6. The second-order valence-corrected chi connectivity index (χ2v) is 13.1. The van der Waals surface area contributed by atoms with Crippen LogP contribution in [0.25, 0.3) is 28.0 Å². The summed E-state index contributed by atoms with van der Waals surface area (Å²) in [6.07, 6.45) is 12.2. The molecule has 0 saturated heterocycles. The van der Waals surface area contributed by atoms with Crippen LogP contribution < -0.4 is 5.32 Å². The molecule has 49 heavy (non-hydrogen) atoms. The lowest BCUT2D eigenvalue weighted by molar-refractivity contribution is 0.457. The average Bonchev–Trinajstić information content (AvgIpc) is 3.49. The minimum atomic E-state index is -0.277. The molecule has 0 spiro atoms. The van der Waals surface area contributed by atoms with Gasteiger partial charge in [0.2, 0.25) is 0 Å². The van der Waals surface area contributed by atoms with Crippen LogP contribution in [0.4, 0.5) is 0 Å². The Kier molecular flexibility index (Phi) is 7.28. The SMILES string of the molecule is C1=CCC(C2(c3ccccc3)c3ccccc3-c3ccc(-c4ccc(C5=CC(c6ccccc6)=NC(c6ccccc6)N5)cc4)cc32)C=C1. The van der Waals surface area contributed by atoms with Gasteiger partial charge < -0.3 is 5.32 Å². The third kappa shape index (κ3) is 5.00. The van der Waals surface area contributed by atoms with Crippen molar-refractivity contribution in [3.05, 3.63) is 221 Å². The van der Waals surface area contributed by atoms with Crippen molar-refractivity contribution in [2.24, 2.45) is 10.9 Å². The molecule has 1 N–H and O–H groups in total. The molecule has 1 heterocycles. The van der Waals surface area contributed by atoms with E-state index in [-0.39, 0.29) is 11.6 Å². The lowest BCUT2D eigenvalue weighted by Gasteiger charge is -2.39. The highest BCUT2D eigenvalue weighted by atomic mass is 15.1. The fourth-order valence-electron chi connectivity index (χ4n) is 8.12. The van der Waals surface area contributed by atoms with Gasteiger partial charge in [-0.25, -0.2) is 0 Å². The van der Waals surface area contributed by atoms with Crippen LogP contribution in [0.1, 0.15) is 46.0 Å². The molecule has 0 fully saturated rings. The maximum atomic E-state index is 5.11. The first-order chi connectivity index (χ1) is 24.3. The van der Waals surface area contributed by atoms with Crippen molar-refractivity contribution in [2.75, 3.05) is 0 Å². The van der Waals surface area contributed by atoms with Crippen LogP contribution in [-0.2, 0) is 5.41 Å². The molecule has 0 saturated carbocycles. The molecule has 3 aliphatic rings. The highest BCUT2D eigenvalue weighted by Crippen LogP contribution is 2.58. The number of nitrogens with one attached hydrogen (secondary N) is 1. The van der Waals surface area contributed by atoms with Crippen LogP contribution in [0.5, 0.6) is 0 Å². The van der Waals surface area contributed by atoms with Crippen molar-refractivity contribution < 1.29 is 0 Å². The number of aliphatic imine (C=N–C) groups is 1. The predicted molar refractivity (Wildman–Crippen MR) is 203 cm³/mol. The van der Waals surface area contributed by atoms with Gasteiger partial charge in [-0.3, -0.25) is 4.99 Å². The molecular formula is C47H36N2. The quantitative estimate of drug-likeness (QED) is 0.195. The summed E-state index contributed by atoms with van der Waals surface area (Å²) in [5.41, 5.74) is 14.4. The summed E-state index contributed by atoms with van der Waals surface area (Å²) in [6, 6.07) is 57.2. The van der Waals surface area contributed by atoms with Gasteiger partial charge in [-0.15, -0.1) is 0 Å². The van der Waals surface area contributed by atoms with Gasteiger partial charge in [-0.1, -0.05) is 176 Å². The van der Waals surface area contributed by atoms with Crippen LogP contribution in [0.3, 0.4) is 0 Å². The fraction of sp³-hybridized carbons (Fsp3) is 0.0851. The maximum absolute atomic E-state index is 5.11. The zero-order chi connectivity index (χ0) is 32.6. The highest BCUT2D eigenvalue weighted by Gasteiger charge is 2.49. The second kappa shape index (κ2) is 12.2. The largest absolute Gasteiger partial charge is 0.360 e. The van der Waals surface area contributed by atoms with Gasteiger partial charge in [0.25, 0.3) is 0 Å². The number of fused-ring (bicyclic) bond motifs is 3. The second-order valence-electron chi connectivity index (χ2n) is 13.1. The smallest absolute Gasteiger partial charge is 0.145 e. The molecule has 2 nitrogen and oxygen atoms in total. The Hall–Kier alpha value is -5.99. The molecule has 0 aromatic heterocycles. The highest BCUT2D eigenvalue weighted by molar-refractivity contribution is 6.13. The van der Waals surface area contributed by atoms with Gasteiger partial charge in [0, 0.05) is 5.70 Å². The molecule has 234 valence electrons. The standard InChI is InChI=1S/C47H36N2/c1-5-15-34(16-6-1)44-32-45(49-46(48-44)36-17-7-2-8-18-36)35-27-25-33(26-28-35)37-29-30-41-40-23-13-14-24-42(40)47(43(41)31-37,38-19-9-3-10-20-38)39-21-11-4-12-22-39/h1-21,23-32,39,46,49H,22H2. The molecule has 0 amide bonds. The summed E-state index contributed by atoms with van der Waals surface area (Å²) in [7, 11) is 0. The Labute approximate surface area is 288 Å². The van der Waals surface area contributed by atoms with E-state index >= 15 is 0 Å². The van der Waals surface area contributed by atoms with Crippen molar-refractivity contribution in [1.29, 1.82) is 0 Å². The number of allylic oxidation sites excluding steroid dienone is 5. The van der Waals surface area contributed by atoms with Gasteiger partial charge in [0.1, 0.15) is 6.17 Å². The van der Waals surface area contributed by atoms with E-state index in [9.17, 15) is 0 Å². The third-order valence-electron chi connectivity index (χ3n) is 10.4. The summed E-state index contributed by atoms with van der Waals surface area (Å²) in [5, 5.41) is 3.72. The zero-order valence-electron chi connectivity index (χ0n) is 27.2. The Morgan fingerprint density at radius 2 is 1.20 bits per heavy atom. The molecule has 0 radical (unpaired) electrons. The van der Waals surface area contributed by atoms with E-state index in [2.05, 4.69) is 181 Å². The minimum absolute atomic E-state index is 0.163. The summed E-state index contributed by atoms with van der Waals surface area (Å²) in [5.74, 6) is 0.308. The normalized spacial score (nSPS) is 20.5. The first-order valence-corrected chi connectivity index (χ1v) is 17.2. The van der Waals surface area contributed by atoms with Crippen LogP contribution in [-0.4, -0.2) is 5.71 Å². The Bertz CT molecular complexity index is 2260. The van der Waals surface area contributed by atoms with Crippen LogP contribution in [0.15, 0.2) is 193 Å². The number of hydrogen-bond acceptors (Lipinski definition) is 2. The molecule has 9 rings (SSSR count). The first-order valence-electron chi connectivity index (χ1n) is 17.2. The van der Waals surface area contributed by atoms with Crippen LogP contribution in [0, 0.1) is 5.92 Å². The topological polar surface area (TPSA) is 24.4 Å². The zero-order valence-corrected chi connectivity index (χ0v) is 27.2. The van der Waals surface area contributed by atoms with Crippen molar-refractivity contribution in [3.63, 3.8) is 0 Å². The van der Waals surface area contributed by atoms with E-state index in [1.54, 1.807) is 0 Å². The molecule has 2 aliphatic carbocycles. The van der Waals surface area contributed by atoms with E-state index in [0.717, 1.165) is 34.5 Å². The summed E-state index contributed by atoms with van der Waals surface area (Å²) in [6.45, 7) is 0. The van der Waals surface area contributed by atoms with Gasteiger partial charge in [0.05, 0.1) is 11.1 Å². The van der Waals surface area contributed by atoms with Crippen LogP contribution >= 0.6 is 0 Å². The molecule has 6 aromatic rings. The van der Waals surface area contributed by atoms with Gasteiger partial charge in [-0.05, 0) is 80.1 Å². The van der Waals surface area contributed by atoms with Crippen molar-refractivity contribution >= 4 is 11.4 Å². The molecule has 3 unspecified atom stereocenters. The van der Waals surface area contributed by atoms with Crippen molar-refractivity contribution in [3.8, 4) is 22.3 Å². The van der Waals surface area contributed by atoms with Crippen molar-refractivity contribution in [1.82, 2.24) is 5.32 Å². The van der Waals surface area contributed by atoms with Crippen LogP contribution in [0.2, 0.25) is 0 Å². The molecule has 0 bridgehead atoms. The van der Waals surface area contributed by atoms with Gasteiger partial charge in [-0.2, -0.15) is 0 Å². The Morgan fingerprint density at radius 1 is 0.551 bits per heavy atom. The molecular weight excluding hydrogens is 593 g/mol. The molecule has 3 atom stereocenters. The summed E-state index contributed by atoms with van der Waals surface area (Å²) < 4.78 is 0. The number of hydrogen-bond donors (Lipinski definition) is 1. The Balaban J connectivity index is 1.12. The molecule has 1 aliphatic heterocycles. The average molecular weight is 629 g/mol. The first kappa shape index (κ1) is 29.2. The summed E-state index contributed by atoms with van der Waals surface area (Å²) >= 11 is 0. The lowest BCUT2D eigenvalue weighted by atomic mass is 9.62. The lowest BCUT2D eigenvalue weighted by Crippen LogP contribution is -2.35. The maximum Gasteiger partial charge on any atom is 0.145 e. The molecule has 6 aromatic carbocycles. The third-order valence-corrected chi connectivity index (χ3v) is 10.4. The van der Waals surface area contributed by atoms with E-state index < -0.39 is 0 Å². The van der Waals surface area contributed by atoms with Gasteiger partial charge >= 0.3 is 0 Å². The minimum Gasteiger partial charge on any atom is -0.360 e. The van der Waals surface area contributed by atoms with E-state index in [1.807, 2.05) is 12.1 Å². The fourth-order valence-corrected chi connectivity index (χ4v) is 8.12. The van der Waals surface area contributed by atoms with E-state index in [4.69, 9.17) is 4.99 Å². The Morgan fingerprint density at radius 3 is 1.96 bits per heavy atom. The monoisotopic (exact) mass is 628 g/mol. The van der Waals surface area contributed by atoms with E-state index in [1.165, 1.54) is 38.9 Å². The number of nitrogens with zero attached hydrogens (tertiary/aromatic N) is 1. The van der Waals surface area contributed by atoms with Crippen molar-refractivity contribution in [2.45, 2.75) is 18.0 Å². The number of rotatable bonds is 6. The summed E-state index contributed by atoms with van der Waals surface area (Å²) in [4.78, 5) is 5.11. The predicted octanol–water partition coefficient (Wildman–Crippen LogP) is 10.9. The van der Waals surface area contributed by atoms with Gasteiger partial charge in [0.15, 0.2) is 0 Å². The molecule has 2 heteroatoms. The van der Waals surface area contributed by atoms with E-state index in [0.29, 0.717) is 5.92 Å².